The largest absolute Gasteiger partial charge is 3.00 e. The summed E-state index contributed by atoms with van der Waals surface area (Å²) in [6.45, 7) is 12.1. The zero-order valence-electron chi connectivity index (χ0n) is 34.0. The van der Waals surface area contributed by atoms with Crippen molar-refractivity contribution >= 4 is 46.4 Å². The van der Waals surface area contributed by atoms with Crippen LogP contribution in [-0.4, -0.2) is 84.7 Å². The maximum Gasteiger partial charge on any atom is 3.00 e. The molecule has 3 unspecified atom stereocenters. The predicted molar refractivity (Wildman–Crippen MR) is 223 cm³/mol. The van der Waals surface area contributed by atoms with Gasteiger partial charge in [-0.25, -0.2) is 19.1 Å². The van der Waals surface area contributed by atoms with E-state index in [1.165, 1.54) is 0 Å². The van der Waals surface area contributed by atoms with Crippen LogP contribution in [0.3, 0.4) is 0 Å². The summed E-state index contributed by atoms with van der Waals surface area (Å²) in [6.07, 6.45) is 25.6. The van der Waals surface area contributed by atoms with Crippen molar-refractivity contribution < 1.29 is 21.6 Å². The smallest absolute Gasteiger partial charge is 0.657 e. The van der Waals surface area contributed by atoms with E-state index < -0.39 is 0 Å². The molecule has 13 heteroatoms. The van der Waals surface area contributed by atoms with Crippen molar-refractivity contribution in [2.45, 2.75) is 52.7 Å². The third-order valence-corrected chi connectivity index (χ3v) is 11.8. The molecule has 0 aliphatic carbocycles. The molecule has 0 fully saturated rings. The van der Waals surface area contributed by atoms with Crippen molar-refractivity contribution in [2.24, 2.45) is 7.05 Å². The number of hydrogen-bond acceptors (Lipinski definition) is 8. The Hall–Kier alpha value is -5.65. The molecule has 292 valence electrons. The summed E-state index contributed by atoms with van der Waals surface area (Å²) >= 11 is 0. The topological polar surface area (TPSA) is 82.2 Å². The molecule has 5 aliphatic rings. The van der Waals surface area contributed by atoms with Crippen molar-refractivity contribution in [3.05, 3.63) is 113 Å². The van der Waals surface area contributed by atoms with Gasteiger partial charge in [0.05, 0.1) is 41.9 Å². The van der Waals surface area contributed by atoms with Crippen LogP contribution in [0, 0.1) is 0 Å². The molecule has 0 aromatic carbocycles. The molecule has 9 heterocycles. The van der Waals surface area contributed by atoms with Crippen LogP contribution in [0.1, 0.15) is 85.7 Å². The van der Waals surface area contributed by atoms with E-state index in [4.69, 9.17) is 19.9 Å². The Balaban J connectivity index is 0.00000455. The number of nitrogens with zero attached hydrogens (tertiary/aromatic N) is 12. The quantitative estimate of drug-likeness (QED) is 0.127. The Bertz CT molecular complexity index is 2490. The first-order valence-corrected chi connectivity index (χ1v) is 19.8. The SMILES string of the molecule is CCN1C=CN(C)C1c1c2nc(c(C3N(C)C=CN3CC)c3ccc([n-]3)c(C3N(C)C=CN3CC)c3nc(c(-c4n(CC)cc[n+]4C)c4ccc1[n-]4)C=C3)C=C2.[Mn+3]. The van der Waals surface area contributed by atoms with Gasteiger partial charge in [-0.2, -0.15) is 0 Å². The second-order valence-electron chi connectivity index (χ2n) is 15.0. The molecule has 0 N–H and O–H groups in total. The first-order chi connectivity index (χ1) is 27.2. The summed E-state index contributed by atoms with van der Waals surface area (Å²) in [5.41, 5.74) is 11.3. The minimum atomic E-state index is -0.0853. The Kier molecular flexibility index (Phi) is 10.1. The first kappa shape index (κ1) is 38.2. The second-order valence-corrected chi connectivity index (χ2v) is 15.0. The first-order valence-electron chi connectivity index (χ1n) is 19.8. The second kappa shape index (κ2) is 15.0. The normalized spacial score (nSPS) is 19.7. The molecular weight excluding hydrogens is 752 g/mol. The van der Waals surface area contributed by atoms with E-state index in [0.29, 0.717) is 0 Å². The molecule has 0 saturated carbocycles. The third-order valence-electron chi connectivity index (χ3n) is 11.8. The van der Waals surface area contributed by atoms with Crippen LogP contribution >= 0.6 is 0 Å². The van der Waals surface area contributed by atoms with E-state index in [1.807, 2.05) is 0 Å². The zero-order valence-corrected chi connectivity index (χ0v) is 35.2. The summed E-state index contributed by atoms with van der Waals surface area (Å²) < 4.78 is 4.45. The summed E-state index contributed by atoms with van der Waals surface area (Å²) in [4.78, 5) is 36.0. The maximum absolute atomic E-state index is 5.54. The molecule has 57 heavy (non-hydrogen) atoms. The molecule has 0 amide bonds. The van der Waals surface area contributed by atoms with Gasteiger partial charge in [-0.1, -0.05) is 24.3 Å². The number of imidazole rings is 1. The van der Waals surface area contributed by atoms with E-state index in [1.54, 1.807) is 0 Å². The van der Waals surface area contributed by atoms with Gasteiger partial charge in [-0.15, -0.1) is 22.1 Å². The molecule has 5 aliphatic heterocycles. The minimum absolute atomic E-state index is 0. The Morgan fingerprint density at radius 3 is 1.35 bits per heavy atom. The van der Waals surface area contributed by atoms with Crippen LogP contribution in [-0.2, 0) is 30.7 Å². The number of aryl methyl sites for hydroxylation is 2. The molecule has 4 aromatic heterocycles. The number of rotatable bonds is 8. The zero-order chi connectivity index (χ0) is 38.8. The van der Waals surface area contributed by atoms with Crippen molar-refractivity contribution in [3.63, 3.8) is 0 Å². The average molecular weight is 803 g/mol. The Morgan fingerprint density at radius 2 is 0.930 bits per heavy atom. The van der Waals surface area contributed by atoms with Gasteiger partial charge in [0.1, 0.15) is 30.9 Å². The van der Waals surface area contributed by atoms with Gasteiger partial charge in [0.15, 0.2) is 0 Å². The fourth-order valence-corrected chi connectivity index (χ4v) is 8.98. The molecule has 0 spiro atoms. The van der Waals surface area contributed by atoms with Crippen LogP contribution < -0.4 is 14.5 Å². The van der Waals surface area contributed by atoms with Gasteiger partial charge in [0, 0.05) is 94.7 Å². The Morgan fingerprint density at radius 1 is 0.544 bits per heavy atom. The van der Waals surface area contributed by atoms with Gasteiger partial charge in [0.2, 0.25) is 0 Å². The summed E-state index contributed by atoms with van der Waals surface area (Å²) in [6, 6.07) is 8.67. The standard InChI is InChI=1S/C44H51N12.Mn/c1-9-53-25-21-49(5)41(53)37-29-13-15-31(45-29)38(42-50(6)22-26-54(42)10-2)33-17-19-35(47-33)40(44-52(8)24-28-56(44)12-4)36-20-18-34(48-36)39(32-16-14-30(37)46-32)43-51(7)23-27-55(43)11-3;/h13-28,41-43H,9-12H2,1-8H3;/q-1;+3. The van der Waals surface area contributed by atoms with Crippen LogP contribution in [0.5, 0.6) is 0 Å². The summed E-state index contributed by atoms with van der Waals surface area (Å²) in [5.74, 6) is 1.05. The molecule has 4 aromatic rings. The monoisotopic (exact) mass is 802 g/mol. The minimum Gasteiger partial charge on any atom is -0.657 e. The van der Waals surface area contributed by atoms with Crippen LogP contribution in [0.15, 0.2) is 73.9 Å². The fourth-order valence-electron chi connectivity index (χ4n) is 8.98. The van der Waals surface area contributed by atoms with Crippen LogP contribution in [0.4, 0.5) is 0 Å². The van der Waals surface area contributed by atoms with E-state index >= 15 is 0 Å². The molecule has 0 saturated heterocycles. The van der Waals surface area contributed by atoms with Gasteiger partial charge in [0.25, 0.3) is 5.82 Å². The molecule has 9 rings (SSSR count). The third kappa shape index (κ3) is 6.15. The molecular formula is C44H51MnN12+2. The number of fused-ring (bicyclic) bond motifs is 8. The van der Waals surface area contributed by atoms with Crippen LogP contribution in [0.25, 0.3) is 57.8 Å². The van der Waals surface area contributed by atoms with E-state index in [-0.39, 0.29) is 35.6 Å². The number of aromatic nitrogens is 6. The van der Waals surface area contributed by atoms with Crippen molar-refractivity contribution in [1.82, 2.24) is 53.9 Å². The number of hydrogen-bond donors (Lipinski definition) is 0. The van der Waals surface area contributed by atoms with E-state index in [9.17, 15) is 0 Å². The summed E-state index contributed by atoms with van der Waals surface area (Å²) in [5, 5.41) is 0. The average Bonchev–Trinajstić information content (AvgIpc) is 4.06. The fraction of sp³-hybridized carbons (Fsp3) is 0.341. The predicted octanol–water partition coefficient (Wildman–Crippen LogP) is 6.44. The van der Waals surface area contributed by atoms with Gasteiger partial charge < -0.3 is 39.4 Å². The van der Waals surface area contributed by atoms with Gasteiger partial charge in [-0.3, -0.25) is 0 Å². The molecule has 3 atom stereocenters. The van der Waals surface area contributed by atoms with E-state index in [0.717, 1.165) is 99.1 Å². The molecule has 8 bridgehead atoms. The van der Waals surface area contributed by atoms with Crippen molar-refractivity contribution in [1.29, 1.82) is 0 Å². The van der Waals surface area contributed by atoms with E-state index in [2.05, 4.69) is 193 Å². The molecule has 0 radical (unpaired) electrons. The van der Waals surface area contributed by atoms with Gasteiger partial charge in [-0.05, 0) is 52.0 Å². The van der Waals surface area contributed by atoms with Crippen LogP contribution in [0.2, 0.25) is 0 Å². The maximum atomic E-state index is 5.54. The van der Waals surface area contributed by atoms with Crippen molar-refractivity contribution in [2.75, 3.05) is 40.8 Å². The van der Waals surface area contributed by atoms with Gasteiger partial charge >= 0.3 is 17.1 Å². The van der Waals surface area contributed by atoms with Crippen molar-refractivity contribution in [3.8, 4) is 11.4 Å². The molecule has 12 nitrogen and oxygen atoms in total. The summed E-state index contributed by atoms with van der Waals surface area (Å²) in [7, 11) is 8.50. The Labute approximate surface area is 345 Å².